The average Bonchev–Trinajstić information content (AvgIpc) is 3.36. The SMILES string of the molecule is CCC[NH+](CC(=O)Nc1sccc1C(N)=O)Cc1nnc(-c2cccs2)o1. The Hall–Kier alpha value is -2.56. The Morgan fingerprint density at radius 3 is 2.81 bits per heavy atom. The Morgan fingerprint density at radius 2 is 2.11 bits per heavy atom. The monoisotopic (exact) mass is 406 g/mol. The van der Waals surface area contributed by atoms with Crippen LogP contribution in [0.25, 0.3) is 10.8 Å². The summed E-state index contributed by atoms with van der Waals surface area (Å²) in [6.45, 7) is 3.50. The fourth-order valence-corrected chi connectivity index (χ4v) is 4.08. The van der Waals surface area contributed by atoms with Gasteiger partial charge in [-0.25, -0.2) is 0 Å². The number of quaternary nitrogens is 1. The van der Waals surface area contributed by atoms with Crippen LogP contribution in [0.2, 0.25) is 0 Å². The molecule has 3 heterocycles. The molecule has 0 saturated heterocycles. The van der Waals surface area contributed by atoms with Gasteiger partial charge in [-0.2, -0.15) is 0 Å². The molecule has 142 valence electrons. The number of aromatic nitrogens is 2. The summed E-state index contributed by atoms with van der Waals surface area (Å²) in [5.41, 5.74) is 5.63. The summed E-state index contributed by atoms with van der Waals surface area (Å²) < 4.78 is 5.72. The molecule has 0 bridgehead atoms. The van der Waals surface area contributed by atoms with Crippen LogP contribution in [-0.2, 0) is 11.3 Å². The predicted octanol–water partition coefficient (Wildman–Crippen LogP) is 1.39. The van der Waals surface area contributed by atoms with Gasteiger partial charge < -0.3 is 20.4 Å². The maximum absolute atomic E-state index is 12.4. The largest absolute Gasteiger partial charge is 0.414 e. The lowest BCUT2D eigenvalue weighted by molar-refractivity contribution is -0.907. The molecule has 27 heavy (non-hydrogen) atoms. The van der Waals surface area contributed by atoms with Crippen molar-refractivity contribution in [1.82, 2.24) is 10.2 Å². The molecule has 1 unspecified atom stereocenters. The van der Waals surface area contributed by atoms with Crippen molar-refractivity contribution in [3.05, 3.63) is 40.4 Å². The number of hydrogen-bond acceptors (Lipinski definition) is 7. The molecular weight excluding hydrogens is 386 g/mol. The number of thiophene rings is 2. The molecule has 0 radical (unpaired) electrons. The van der Waals surface area contributed by atoms with Gasteiger partial charge in [-0.05, 0) is 29.3 Å². The fourth-order valence-electron chi connectivity index (χ4n) is 2.63. The Labute approximate surface area is 164 Å². The highest BCUT2D eigenvalue weighted by Crippen LogP contribution is 2.23. The van der Waals surface area contributed by atoms with Gasteiger partial charge in [-0.15, -0.1) is 32.9 Å². The van der Waals surface area contributed by atoms with Gasteiger partial charge in [0.2, 0.25) is 0 Å². The number of nitrogens with zero attached hydrogens (tertiary/aromatic N) is 2. The van der Waals surface area contributed by atoms with E-state index in [0.29, 0.717) is 28.9 Å². The summed E-state index contributed by atoms with van der Waals surface area (Å²) in [6, 6.07) is 5.45. The highest BCUT2D eigenvalue weighted by molar-refractivity contribution is 7.14. The molecule has 0 aliphatic heterocycles. The number of carbonyl (C=O) groups is 2. The van der Waals surface area contributed by atoms with E-state index < -0.39 is 5.91 Å². The van der Waals surface area contributed by atoms with E-state index in [1.54, 1.807) is 11.4 Å². The summed E-state index contributed by atoms with van der Waals surface area (Å²) >= 11 is 2.80. The van der Waals surface area contributed by atoms with E-state index in [-0.39, 0.29) is 12.5 Å². The molecule has 0 aromatic carbocycles. The maximum Gasteiger partial charge on any atom is 0.280 e. The molecule has 0 aliphatic carbocycles. The second kappa shape index (κ2) is 8.89. The highest BCUT2D eigenvalue weighted by atomic mass is 32.1. The van der Waals surface area contributed by atoms with E-state index >= 15 is 0 Å². The molecule has 2 amide bonds. The van der Waals surface area contributed by atoms with Gasteiger partial charge in [-0.1, -0.05) is 13.0 Å². The predicted molar refractivity (Wildman–Crippen MR) is 104 cm³/mol. The first-order valence-corrected chi connectivity index (χ1v) is 10.2. The minimum atomic E-state index is -0.559. The third-order valence-corrected chi connectivity index (χ3v) is 5.49. The first-order chi connectivity index (χ1) is 13.1. The van der Waals surface area contributed by atoms with Gasteiger partial charge in [0, 0.05) is 0 Å². The van der Waals surface area contributed by atoms with Gasteiger partial charge in [0.1, 0.15) is 5.00 Å². The second-order valence-corrected chi connectivity index (χ2v) is 7.77. The van der Waals surface area contributed by atoms with Crippen LogP contribution in [0.4, 0.5) is 5.00 Å². The van der Waals surface area contributed by atoms with Crippen molar-refractivity contribution in [2.24, 2.45) is 5.73 Å². The third kappa shape index (κ3) is 5.00. The van der Waals surface area contributed by atoms with Crippen molar-refractivity contribution < 1.29 is 18.9 Å². The molecule has 3 aromatic heterocycles. The number of primary amides is 1. The van der Waals surface area contributed by atoms with Crippen molar-refractivity contribution in [2.45, 2.75) is 19.9 Å². The lowest BCUT2D eigenvalue weighted by Crippen LogP contribution is -3.11. The van der Waals surface area contributed by atoms with Gasteiger partial charge in [-0.3, -0.25) is 9.59 Å². The quantitative estimate of drug-likeness (QED) is 0.497. The minimum absolute atomic E-state index is 0.193. The smallest absolute Gasteiger partial charge is 0.280 e. The standard InChI is InChI=1S/C17H19N5O3S2/c1-2-6-22(9-13(23)19-17-11(15(18)24)5-8-27-17)10-14-20-21-16(25-14)12-4-3-7-26-12/h3-5,7-8H,2,6,9-10H2,1H3,(H2,18,24)(H,19,23)/p+1. The zero-order valence-electron chi connectivity index (χ0n) is 14.7. The molecule has 0 saturated carbocycles. The molecular formula is C17H20N5O3S2+. The van der Waals surface area contributed by atoms with Gasteiger partial charge in [0.05, 0.1) is 17.0 Å². The summed E-state index contributed by atoms with van der Waals surface area (Å²) in [4.78, 5) is 25.7. The minimum Gasteiger partial charge on any atom is -0.414 e. The van der Waals surface area contributed by atoms with Crippen molar-refractivity contribution in [2.75, 3.05) is 18.4 Å². The number of anilines is 1. The zero-order valence-corrected chi connectivity index (χ0v) is 16.4. The molecule has 3 rings (SSSR count). The Kier molecular flexibility index (Phi) is 6.32. The molecule has 0 spiro atoms. The number of nitrogens with one attached hydrogen (secondary N) is 2. The Bertz CT molecular complexity index is 903. The highest BCUT2D eigenvalue weighted by Gasteiger charge is 2.20. The summed E-state index contributed by atoms with van der Waals surface area (Å²) in [6.07, 6.45) is 0.903. The van der Waals surface area contributed by atoms with Crippen LogP contribution in [0.3, 0.4) is 0 Å². The normalized spacial score (nSPS) is 12.0. The van der Waals surface area contributed by atoms with Crippen LogP contribution in [0.5, 0.6) is 0 Å². The zero-order chi connectivity index (χ0) is 19.2. The topological polar surface area (TPSA) is 116 Å². The first kappa shape index (κ1) is 19.2. The number of amides is 2. The molecule has 8 nitrogen and oxygen atoms in total. The molecule has 0 fully saturated rings. The third-order valence-electron chi connectivity index (χ3n) is 3.80. The van der Waals surface area contributed by atoms with Crippen LogP contribution >= 0.6 is 22.7 Å². The number of carbonyl (C=O) groups excluding carboxylic acids is 2. The average molecular weight is 407 g/mol. The molecule has 3 aromatic rings. The van der Waals surface area contributed by atoms with Crippen molar-refractivity contribution in [3.63, 3.8) is 0 Å². The van der Waals surface area contributed by atoms with Gasteiger partial charge in [0.15, 0.2) is 13.1 Å². The molecule has 0 aliphatic rings. The van der Waals surface area contributed by atoms with Crippen LogP contribution in [0, 0.1) is 0 Å². The van der Waals surface area contributed by atoms with E-state index in [4.69, 9.17) is 10.2 Å². The molecule has 1 atom stereocenters. The van der Waals surface area contributed by atoms with Crippen LogP contribution in [0.15, 0.2) is 33.4 Å². The van der Waals surface area contributed by atoms with E-state index in [0.717, 1.165) is 22.7 Å². The maximum atomic E-state index is 12.4. The van der Waals surface area contributed by atoms with Gasteiger partial charge in [0.25, 0.3) is 23.6 Å². The van der Waals surface area contributed by atoms with Crippen molar-refractivity contribution >= 4 is 39.5 Å². The number of rotatable bonds is 9. The summed E-state index contributed by atoms with van der Waals surface area (Å²) in [5.74, 6) is 0.228. The van der Waals surface area contributed by atoms with Crippen molar-refractivity contribution in [3.8, 4) is 10.8 Å². The van der Waals surface area contributed by atoms with E-state index in [2.05, 4.69) is 15.5 Å². The fraction of sp³-hybridized carbons (Fsp3) is 0.294. The van der Waals surface area contributed by atoms with Crippen molar-refractivity contribution in [1.29, 1.82) is 0 Å². The molecule has 10 heteroatoms. The van der Waals surface area contributed by atoms with E-state index in [1.807, 2.05) is 24.4 Å². The van der Waals surface area contributed by atoms with E-state index in [9.17, 15) is 9.59 Å². The molecule has 4 N–H and O–H groups in total. The summed E-state index contributed by atoms with van der Waals surface area (Å²) in [5, 5.41) is 15.1. The number of nitrogens with two attached hydrogens (primary N) is 1. The Balaban J connectivity index is 1.62. The first-order valence-electron chi connectivity index (χ1n) is 8.43. The lowest BCUT2D eigenvalue weighted by Gasteiger charge is -2.16. The van der Waals surface area contributed by atoms with Crippen LogP contribution in [-0.4, -0.2) is 35.1 Å². The van der Waals surface area contributed by atoms with Crippen LogP contribution in [0.1, 0.15) is 29.6 Å². The number of hydrogen-bond donors (Lipinski definition) is 3. The van der Waals surface area contributed by atoms with Gasteiger partial charge >= 0.3 is 0 Å². The second-order valence-electron chi connectivity index (χ2n) is 5.91. The van der Waals surface area contributed by atoms with Crippen LogP contribution < -0.4 is 16.0 Å². The summed E-state index contributed by atoms with van der Waals surface area (Å²) in [7, 11) is 0. The Morgan fingerprint density at radius 1 is 1.26 bits per heavy atom. The van der Waals surface area contributed by atoms with E-state index in [1.165, 1.54) is 22.7 Å². The lowest BCUT2D eigenvalue weighted by atomic mass is 10.3.